The quantitative estimate of drug-likeness (QED) is 0.694. The summed E-state index contributed by atoms with van der Waals surface area (Å²) >= 11 is 0. The molecule has 18 heavy (non-hydrogen) atoms. The van der Waals surface area contributed by atoms with Gasteiger partial charge in [0.2, 0.25) is 5.89 Å². The van der Waals surface area contributed by atoms with Crippen molar-refractivity contribution in [3.05, 3.63) is 11.7 Å². The number of carboxylic acid groups (broad SMARTS) is 2. The van der Waals surface area contributed by atoms with E-state index in [2.05, 4.69) is 10.1 Å². The van der Waals surface area contributed by atoms with Crippen molar-refractivity contribution < 1.29 is 24.3 Å². The zero-order chi connectivity index (χ0) is 13.1. The molecule has 0 unspecified atom stereocenters. The van der Waals surface area contributed by atoms with Gasteiger partial charge in [0.1, 0.15) is 0 Å². The van der Waals surface area contributed by atoms with Crippen molar-refractivity contribution in [3.8, 4) is 0 Å². The number of hydrogen-bond donors (Lipinski definition) is 2. The third kappa shape index (κ3) is 3.52. The maximum atomic E-state index is 10.6. The highest BCUT2D eigenvalue weighted by Crippen LogP contribution is 2.38. The molecule has 1 aromatic rings. The van der Waals surface area contributed by atoms with Gasteiger partial charge in [-0.1, -0.05) is 5.16 Å². The number of aromatic nitrogens is 2. The summed E-state index contributed by atoms with van der Waals surface area (Å²) in [4.78, 5) is 26.6. The highest BCUT2D eigenvalue weighted by Gasteiger charge is 2.30. The second kappa shape index (κ2) is 5.13. The van der Waals surface area contributed by atoms with Crippen LogP contribution < -0.4 is 0 Å². The van der Waals surface area contributed by atoms with Gasteiger partial charge >= 0.3 is 11.9 Å². The zero-order valence-electron chi connectivity index (χ0n) is 9.57. The Hall–Kier alpha value is -1.96. The lowest BCUT2D eigenvalue weighted by atomic mass is 10.4. The minimum Gasteiger partial charge on any atom is -0.480 e. The van der Waals surface area contributed by atoms with Gasteiger partial charge in [-0.15, -0.1) is 0 Å². The lowest BCUT2D eigenvalue weighted by Gasteiger charge is -2.14. The number of rotatable bonds is 7. The van der Waals surface area contributed by atoms with Gasteiger partial charge in [0, 0.05) is 5.92 Å². The Balaban J connectivity index is 1.96. The highest BCUT2D eigenvalue weighted by molar-refractivity contribution is 5.72. The molecule has 1 heterocycles. The first-order valence-electron chi connectivity index (χ1n) is 5.53. The van der Waals surface area contributed by atoms with Crippen molar-refractivity contribution in [3.63, 3.8) is 0 Å². The van der Waals surface area contributed by atoms with Gasteiger partial charge in [-0.2, -0.15) is 4.98 Å². The molecule has 1 aliphatic rings. The largest absolute Gasteiger partial charge is 0.480 e. The molecule has 2 rings (SSSR count). The van der Waals surface area contributed by atoms with E-state index < -0.39 is 11.9 Å². The molecule has 0 bridgehead atoms. The highest BCUT2D eigenvalue weighted by atomic mass is 16.5. The van der Waals surface area contributed by atoms with E-state index >= 15 is 0 Å². The van der Waals surface area contributed by atoms with Crippen LogP contribution in [0.1, 0.15) is 30.5 Å². The number of carbonyl (C=O) groups is 2. The van der Waals surface area contributed by atoms with E-state index in [-0.39, 0.29) is 19.6 Å². The van der Waals surface area contributed by atoms with E-state index in [4.69, 9.17) is 14.7 Å². The predicted molar refractivity (Wildman–Crippen MR) is 56.8 cm³/mol. The SMILES string of the molecule is O=C(O)CN(CC(=O)O)Cc1noc(C2CC2)n1. The lowest BCUT2D eigenvalue weighted by Crippen LogP contribution is -2.34. The summed E-state index contributed by atoms with van der Waals surface area (Å²) in [6.45, 7) is -0.700. The molecule has 0 atom stereocenters. The minimum atomic E-state index is -1.10. The smallest absolute Gasteiger partial charge is 0.317 e. The van der Waals surface area contributed by atoms with Gasteiger partial charge in [0.15, 0.2) is 5.82 Å². The topological polar surface area (TPSA) is 117 Å². The standard InChI is InChI=1S/C10H13N3O5/c14-8(15)4-13(5-9(16)17)3-7-11-10(18-12-7)6-1-2-6/h6H,1-5H2,(H,14,15)(H,16,17). The molecule has 0 amide bonds. The fourth-order valence-corrected chi connectivity index (χ4v) is 1.58. The molecule has 0 spiro atoms. The fraction of sp³-hybridized carbons (Fsp3) is 0.600. The van der Waals surface area contributed by atoms with Gasteiger partial charge in [-0.25, -0.2) is 0 Å². The Kier molecular flexibility index (Phi) is 3.56. The van der Waals surface area contributed by atoms with Crippen molar-refractivity contribution in [2.45, 2.75) is 25.3 Å². The van der Waals surface area contributed by atoms with E-state index in [1.807, 2.05) is 0 Å². The first kappa shape index (κ1) is 12.5. The second-order valence-corrected chi connectivity index (χ2v) is 4.26. The molecular formula is C10H13N3O5. The van der Waals surface area contributed by atoms with Crippen LogP contribution in [0.15, 0.2) is 4.52 Å². The zero-order valence-corrected chi connectivity index (χ0v) is 9.57. The van der Waals surface area contributed by atoms with E-state index in [0.29, 0.717) is 17.6 Å². The monoisotopic (exact) mass is 255 g/mol. The van der Waals surface area contributed by atoms with Gasteiger partial charge in [-0.3, -0.25) is 14.5 Å². The Morgan fingerprint density at radius 1 is 1.28 bits per heavy atom. The van der Waals surface area contributed by atoms with Crippen molar-refractivity contribution in [1.29, 1.82) is 0 Å². The van der Waals surface area contributed by atoms with E-state index in [1.54, 1.807) is 0 Å². The van der Waals surface area contributed by atoms with Crippen LogP contribution in [0.3, 0.4) is 0 Å². The second-order valence-electron chi connectivity index (χ2n) is 4.26. The first-order valence-corrected chi connectivity index (χ1v) is 5.53. The lowest BCUT2D eigenvalue weighted by molar-refractivity contribution is -0.142. The van der Waals surface area contributed by atoms with E-state index in [0.717, 1.165) is 12.8 Å². The van der Waals surface area contributed by atoms with Crippen LogP contribution in [0.25, 0.3) is 0 Å². The summed E-state index contributed by atoms with van der Waals surface area (Å²) in [5, 5.41) is 21.1. The molecule has 1 aromatic heterocycles. The molecule has 8 nitrogen and oxygen atoms in total. The number of carboxylic acids is 2. The molecule has 1 saturated carbocycles. The number of nitrogens with zero attached hydrogens (tertiary/aromatic N) is 3. The molecule has 0 radical (unpaired) electrons. The average molecular weight is 255 g/mol. The van der Waals surface area contributed by atoms with Crippen molar-refractivity contribution >= 4 is 11.9 Å². The maximum Gasteiger partial charge on any atom is 0.317 e. The summed E-state index contributed by atoms with van der Waals surface area (Å²) in [7, 11) is 0. The molecule has 2 N–H and O–H groups in total. The van der Waals surface area contributed by atoms with Gasteiger partial charge in [0.05, 0.1) is 19.6 Å². The van der Waals surface area contributed by atoms with Crippen LogP contribution in [0, 0.1) is 0 Å². The third-order valence-corrected chi connectivity index (χ3v) is 2.49. The predicted octanol–water partition coefficient (Wildman–Crippen LogP) is -0.0818. The molecule has 0 saturated heterocycles. The summed E-state index contributed by atoms with van der Waals surface area (Å²) in [6.07, 6.45) is 2.05. The molecule has 98 valence electrons. The normalized spacial score (nSPS) is 14.9. The molecule has 1 fully saturated rings. The van der Waals surface area contributed by atoms with Crippen molar-refractivity contribution in [1.82, 2.24) is 15.0 Å². The fourth-order valence-electron chi connectivity index (χ4n) is 1.58. The molecular weight excluding hydrogens is 242 g/mol. The van der Waals surface area contributed by atoms with Crippen molar-refractivity contribution in [2.75, 3.05) is 13.1 Å². The Bertz CT molecular complexity index is 438. The third-order valence-electron chi connectivity index (χ3n) is 2.49. The van der Waals surface area contributed by atoms with Gasteiger partial charge in [-0.05, 0) is 12.8 Å². The Labute approximate surface area is 102 Å². The van der Waals surface area contributed by atoms with Crippen molar-refractivity contribution in [2.24, 2.45) is 0 Å². The average Bonchev–Trinajstić information content (AvgIpc) is 2.98. The van der Waals surface area contributed by atoms with Crippen LogP contribution >= 0.6 is 0 Å². The van der Waals surface area contributed by atoms with Gasteiger partial charge in [0.25, 0.3) is 0 Å². The minimum absolute atomic E-state index is 0.0504. The molecule has 0 aliphatic heterocycles. The summed E-state index contributed by atoms with van der Waals surface area (Å²) in [6, 6.07) is 0. The Morgan fingerprint density at radius 3 is 2.39 bits per heavy atom. The van der Waals surface area contributed by atoms with Crippen LogP contribution in [0.2, 0.25) is 0 Å². The molecule has 0 aromatic carbocycles. The number of aliphatic carboxylic acids is 2. The van der Waals surface area contributed by atoms with Crippen LogP contribution in [-0.2, 0) is 16.1 Å². The Morgan fingerprint density at radius 2 is 1.89 bits per heavy atom. The van der Waals surface area contributed by atoms with E-state index in [1.165, 1.54) is 4.90 Å². The maximum absolute atomic E-state index is 10.6. The van der Waals surface area contributed by atoms with Crippen LogP contribution in [0.4, 0.5) is 0 Å². The summed E-state index contributed by atoms with van der Waals surface area (Å²) < 4.78 is 5.02. The van der Waals surface area contributed by atoms with Gasteiger partial charge < -0.3 is 14.7 Å². The van der Waals surface area contributed by atoms with Crippen LogP contribution in [0.5, 0.6) is 0 Å². The van der Waals surface area contributed by atoms with E-state index in [9.17, 15) is 9.59 Å². The number of hydrogen-bond acceptors (Lipinski definition) is 6. The van der Waals surface area contributed by atoms with Crippen LogP contribution in [-0.4, -0.2) is 50.3 Å². The summed E-state index contributed by atoms with van der Waals surface area (Å²) in [5.41, 5.74) is 0. The first-order chi connectivity index (χ1) is 8.54. The molecule has 8 heteroatoms. The summed E-state index contributed by atoms with van der Waals surface area (Å²) in [5.74, 6) is -1.00. The molecule has 1 aliphatic carbocycles.